The molecule has 1 N–H and O–H groups in total. The van der Waals surface area contributed by atoms with Crippen molar-refractivity contribution in [2.45, 2.75) is 48.1 Å². The Bertz CT molecular complexity index is 453. The first-order chi connectivity index (χ1) is 8.28. The Morgan fingerprint density at radius 2 is 1.61 bits per heavy atom. The van der Waals surface area contributed by atoms with Gasteiger partial charge in [-0.05, 0) is 69.4 Å². The topological polar surface area (TPSA) is 35.8 Å². The Hall–Kier alpha value is -1.33. The van der Waals surface area contributed by atoms with E-state index in [2.05, 4.69) is 45.1 Å². The van der Waals surface area contributed by atoms with Crippen molar-refractivity contribution in [3.63, 3.8) is 0 Å². The summed E-state index contributed by atoms with van der Waals surface area (Å²) in [4.78, 5) is 0. The molecule has 0 saturated heterocycles. The van der Waals surface area contributed by atoms with E-state index < -0.39 is 0 Å². The highest BCUT2D eigenvalue weighted by molar-refractivity contribution is 5.43. The predicted octanol–water partition coefficient (Wildman–Crippen LogP) is 3.56. The number of benzene rings is 1. The van der Waals surface area contributed by atoms with Crippen LogP contribution in [0.15, 0.2) is 6.07 Å². The van der Waals surface area contributed by atoms with E-state index in [9.17, 15) is 0 Å². The second-order valence-corrected chi connectivity index (χ2v) is 5.84. The minimum atomic E-state index is -0.305. The van der Waals surface area contributed by atoms with Crippen LogP contribution in [-0.2, 0) is 6.54 Å². The van der Waals surface area contributed by atoms with Crippen molar-refractivity contribution in [3.8, 4) is 6.07 Å². The van der Waals surface area contributed by atoms with E-state index in [1.165, 1.54) is 27.8 Å². The number of rotatable bonds is 4. The molecule has 0 amide bonds. The Morgan fingerprint density at radius 3 is 2.06 bits per heavy atom. The molecule has 0 fully saturated rings. The molecule has 0 aliphatic heterocycles. The van der Waals surface area contributed by atoms with Gasteiger partial charge in [-0.25, -0.2) is 0 Å². The van der Waals surface area contributed by atoms with Gasteiger partial charge in [0.1, 0.15) is 0 Å². The number of aryl methyl sites for hydroxylation is 2. The summed E-state index contributed by atoms with van der Waals surface area (Å²) in [5.74, 6) is 0. The van der Waals surface area contributed by atoms with Crippen molar-refractivity contribution in [3.05, 3.63) is 33.9 Å². The van der Waals surface area contributed by atoms with Gasteiger partial charge in [-0.3, -0.25) is 0 Å². The maximum absolute atomic E-state index is 9.00. The van der Waals surface area contributed by atoms with Crippen molar-refractivity contribution < 1.29 is 0 Å². The minimum absolute atomic E-state index is 0.305. The summed E-state index contributed by atoms with van der Waals surface area (Å²) in [6, 6.07) is 4.56. The fourth-order valence-electron chi connectivity index (χ4n) is 2.10. The van der Waals surface area contributed by atoms with E-state index in [0.717, 1.165) is 13.1 Å². The van der Waals surface area contributed by atoms with Gasteiger partial charge in [0.05, 0.1) is 11.5 Å². The molecule has 98 valence electrons. The van der Waals surface area contributed by atoms with Crippen molar-refractivity contribution in [1.29, 1.82) is 5.26 Å². The molecule has 0 heterocycles. The Balaban J connectivity index is 2.84. The van der Waals surface area contributed by atoms with Gasteiger partial charge in [0.15, 0.2) is 0 Å². The summed E-state index contributed by atoms with van der Waals surface area (Å²) in [5.41, 5.74) is 6.48. The molecule has 0 aliphatic rings. The van der Waals surface area contributed by atoms with Crippen LogP contribution >= 0.6 is 0 Å². The second kappa shape index (κ2) is 5.54. The highest BCUT2D eigenvalue weighted by Crippen LogP contribution is 2.21. The number of nitriles is 1. The fourth-order valence-corrected chi connectivity index (χ4v) is 2.10. The van der Waals surface area contributed by atoms with E-state index in [1.54, 1.807) is 0 Å². The van der Waals surface area contributed by atoms with Crippen LogP contribution in [0.25, 0.3) is 0 Å². The molecule has 0 spiro atoms. The Kier molecular flexibility index (Phi) is 4.53. The van der Waals surface area contributed by atoms with E-state index in [0.29, 0.717) is 0 Å². The number of hydrogen-bond donors (Lipinski definition) is 1. The highest BCUT2D eigenvalue weighted by Gasteiger charge is 2.16. The lowest BCUT2D eigenvalue weighted by atomic mass is 9.93. The molecule has 1 rings (SSSR count). The van der Waals surface area contributed by atoms with Gasteiger partial charge in [0, 0.05) is 13.1 Å². The van der Waals surface area contributed by atoms with Crippen molar-refractivity contribution in [1.82, 2.24) is 5.32 Å². The first-order valence-corrected chi connectivity index (χ1v) is 6.47. The molecular formula is C16H24N2. The lowest BCUT2D eigenvalue weighted by Crippen LogP contribution is -2.28. The van der Waals surface area contributed by atoms with E-state index in [-0.39, 0.29) is 5.41 Å². The Labute approximate surface area is 111 Å². The Morgan fingerprint density at radius 1 is 1.11 bits per heavy atom. The molecule has 2 nitrogen and oxygen atoms in total. The van der Waals surface area contributed by atoms with E-state index in [1.807, 2.05) is 13.8 Å². The molecule has 18 heavy (non-hydrogen) atoms. The quantitative estimate of drug-likeness (QED) is 0.879. The van der Waals surface area contributed by atoms with Crippen LogP contribution < -0.4 is 5.32 Å². The number of nitrogens with one attached hydrogen (secondary N) is 1. The monoisotopic (exact) mass is 244 g/mol. The van der Waals surface area contributed by atoms with Gasteiger partial charge < -0.3 is 5.32 Å². The van der Waals surface area contributed by atoms with Crippen molar-refractivity contribution in [2.75, 3.05) is 6.54 Å². The molecule has 0 aromatic heterocycles. The molecule has 0 unspecified atom stereocenters. The molecule has 0 atom stereocenters. The molecule has 1 aromatic carbocycles. The maximum atomic E-state index is 9.00. The summed E-state index contributed by atoms with van der Waals surface area (Å²) < 4.78 is 0. The first-order valence-electron chi connectivity index (χ1n) is 6.47. The van der Waals surface area contributed by atoms with Gasteiger partial charge in [-0.15, -0.1) is 0 Å². The van der Waals surface area contributed by atoms with Gasteiger partial charge in [-0.1, -0.05) is 6.07 Å². The highest BCUT2D eigenvalue weighted by atomic mass is 14.9. The lowest BCUT2D eigenvalue weighted by molar-refractivity contribution is 0.444. The fraction of sp³-hybridized carbons (Fsp3) is 0.562. The van der Waals surface area contributed by atoms with Gasteiger partial charge in [0.25, 0.3) is 0 Å². The summed E-state index contributed by atoms with van der Waals surface area (Å²) in [7, 11) is 0. The van der Waals surface area contributed by atoms with Crippen LogP contribution in [-0.4, -0.2) is 6.54 Å². The van der Waals surface area contributed by atoms with Gasteiger partial charge in [0.2, 0.25) is 0 Å². The molecule has 0 saturated carbocycles. The average Bonchev–Trinajstić information content (AvgIpc) is 2.31. The SMILES string of the molecule is Cc1cc(C)c(C)c(CNCC(C)(C)C#N)c1C. The minimum Gasteiger partial charge on any atom is -0.311 e. The zero-order chi connectivity index (χ0) is 13.9. The number of hydrogen-bond acceptors (Lipinski definition) is 2. The third-order valence-electron chi connectivity index (χ3n) is 3.69. The molecule has 0 bridgehead atoms. The largest absolute Gasteiger partial charge is 0.311 e. The van der Waals surface area contributed by atoms with Crippen molar-refractivity contribution >= 4 is 0 Å². The molecule has 2 heteroatoms. The molecule has 1 aromatic rings. The normalized spacial score (nSPS) is 11.4. The van der Waals surface area contributed by atoms with Crippen LogP contribution in [0.1, 0.15) is 41.7 Å². The maximum Gasteiger partial charge on any atom is 0.0697 e. The van der Waals surface area contributed by atoms with Gasteiger partial charge in [-0.2, -0.15) is 5.26 Å². The van der Waals surface area contributed by atoms with Crippen LogP contribution in [0.5, 0.6) is 0 Å². The van der Waals surface area contributed by atoms with E-state index in [4.69, 9.17) is 5.26 Å². The third-order valence-corrected chi connectivity index (χ3v) is 3.69. The van der Waals surface area contributed by atoms with E-state index >= 15 is 0 Å². The third kappa shape index (κ3) is 3.34. The summed E-state index contributed by atoms with van der Waals surface area (Å²) >= 11 is 0. The molecule has 0 radical (unpaired) electrons. The van der Waals surface area contributed by atoms with Crippen LogP contribution in [0.4, 0.5) is 0 Å². The smallest absolute Gasteiger partial charge is 0.0697 e. The summed E-state index contributed by atoms with van der Waals surface area (Å²) in [6.45, 7) is 14.1. The average molecular weight is 244 g/mol. The molecule has 0 aliphatic carbocycles. The number of nitrogens with zero attached hydrogens (tertiary/aromatic N) is 1. The van der Waals surface area contributed by atoms with Crippen LogP contribution in [0.2, 0.25) is 0 Å². The zero-order valence-corrected chi connectivity index (χ0v) is 12.4. The molecular weight excluding hydrogens is 220 g/mol. The predicted molar refractivity (Wildman–Crippen MR) is 76.5 cm³/mol. The first kappa shape index (κ1) is 14.7. The summed E-state index contributed by atoms with van der Waals surface area (Å²) in [6.07, 6.45) is 0. The zero-order valence-electron chi connectivity index (χ0n) is 12.4. The van der Waals surface area contributed by atoms with Crippen molar-refractivity contribution in [2.24, 2.45) is 5.41 Å². The lowest BCUT2D eigenvalue weighted by Gasteiger charge is -2.19. The second-order valence-electron chi connectivity index (χ2n) is 5.84. The van der Waals surface area contributed by atoms with Crippen LogP contribution in [0, 0.1) is 44.4 Å². The van der Waals surface area contributed by atoms with Gasteiger partial charge >= 0.3 is 0 Å². The standard InChI is InChI=1S/C16H24N2/c1-11-7-12(2)14(4)15(13(11)3)8-18-10-16(5,6)9-17/h7,18H,8,10H2,1-6H3. The van der Waals surface area contributed by atoms with Crippen LogP contribution in [0.3, 0.4) is 0 Å². The summed E-state index contributed by atoms with van der Waals surface area (Å²) in [5, 5.41) is 12.4.